The van der Waals surface area contributed by atoms with E-state index in [4.69, 9.17) is 16.3 Å². The zero-order chi connectivity index (χ0) is 15.5. The fourth-order valence-corrected chi connectivity index (χ4v) is 2.92. The standard InChI is InChI=1S/C15H18ClN3O3/c16-12-2-1-3-13(10-12)18-6-4-17(5-7-18)11-14(20)19-8-9-22-15(19)21/h1-3,10H,4-9,11H2. The summed E-state index contributed by atoms with van der Waals surface area (Å²) in [6.45, 7) is 4.14. The van der Waals surface area contributed by atoms with Gasteiger partial charge in [-0.15, -0.1) is 0 Å². The number of hydrogen-bond acceptors (Lipinski definition) is 5. The molecule has 2 aliphatic heterocycles. The molecule has 0 aliphatic carbocycles. The predicted molar refractivity (Wildman–Crippen MR) is 83.2 cm³/mol. The highest BCUT2D eigenvalue weighted by Crippen LogP contribution is 2.20. The van der Waals surface area contributed by atoms with Gasteiger partial charge in [0.05, 0.1) is 13.1 Å². The molecule has 2 fully saturated rings. The Morgan fingerprint density at radius 2 is 1.95 bits per heavy atom. The molecule has 0 aromatic heterocycles. The normalized spacial score (nSPS) is 19.4. The molecule has 0 unspecified atom stereocenters. The number of anilines is 1. The Morgan fingerprint density at radius 3 is 2.59 bits per heavy atom. The maximum absolute atomic E-state index is 12.1. The van der Waals surface area contributed by atoms with Gasteiger partial charge < -0.3 is 9.64 Å². The number of piperazine rings is 1. The van der Waals surface area contributed by atoms with Crippen molar-refractivity contribution in [3.63, 3.8) is 0 Å². The summed E-state index contributed by atoms with van der Waals surface area (Å²) in [5.74, 6) is -0.182. The van der Waals surface area contributed by atoms with Crippen molar-refractivity contribution in [2.45, 2.75) is 0 Å². The second-order valence-electron chi connectivity index (χ2n) is 5.40. The Balaban J connectivity index is 1.51. The lowest BCUT2D eigenvalue weighted by Crippen LogP contribution is -2.50. The number of rotatable bonds is 3. The molecule has 2 saturated heterocycles. The molecule has 0 bridgehead atoms. The summed E-state index contributed by atoms with van der Waals surface area (Å²) in [7, 11) is 0. The molecule has 0 saturated carbocycles. The van der Waals surface area contributed by atoms with E-state index in [1.807, 2.05) is 24.3 Å². The third-order valence-corrected chi connectivity index (χ3v) is 4.20. The molecule has 0 atom stereocenters. The summed E-state index contributed by atoms with van der Waals surface area (Å²) < 4.78 is 4.79. The molecule has 0 radical (unpaired) electrons. The van der Waals surface area contributed by atoms with Gasteiger partial charge in [0.2, 0.25) is 5.91 Å². The second-order valence-corrected chi connectivity index (χ2v) is 5.84. The number of carbonyl (C=O) groups excluding carboxylic acids is 2. The lowest BCUT2D eigenvalue weighted by molar-refractivity contribution is -0.129. The van der Waals surface area contributed by atoms with Crippen LogP contribution in [0.1, 0.15) is 0 Å². The zero-order valence-corrected chi connectivity index (χ0v) is 13.0. The van der Waals surface area contributed by atoms with Crippen LogP contribution in [0.3, 0.4) is 0 Å². The summed E-state index contributed by atoms with van der Waals surface area (Å²) in [5, 5.41) is 0.725. The van der Waals surface area contributed by atoms with E-state index < -0.39 is 6.09 Å². The molecule has 1 aromatic carbocycles. The van der Waals surface area contributed by atoms with Crippen molar-refractivity contribution in [2.75, 3.05) is 50.8 Å². The van der Waals surface area contributed by atoms with Gasteiger partial charge in [0, 0.05) is 36.9 Å². The van der Waals surface area contributed by atoms with Crippen LogP contribution in [0.25, 0.3) is 0 Å². The van der Waals surface area contributed by atoms with Gasteiger partial charge in [-0.3, -0.25) is 9.69 Å². The Kier molecular flexibility index (Phi) is 4.49. The molecular weight excluding hydrogens is 306 g/mol. The first-order valence-corrected chi connectivity index (χ1v) is 7.71. The summed E-state index contributed by atoms with van der Waals surface area (Å²) in [5.41, 5.74) is 1.10. The largest absolute Gasteiger partial charge is 0.447 e. The van der Waals surface area contributed by atoms with Crippen molar-refractivity contribution in [2.24, 2.45) is 0 Å². The van der Waals surface area contributed by atoms with Crippen LogP contribution in [0, 0.1) is 0 Å². The number of cyclic esters (lactones) is 1. The van der Waals surface area contributed by atoms with Gasteiger partial charge in [-0.05, 0) is 18.2 Å². The number of imide groups is 1. The van der Waals surface area contributed by atoms with Crippen molar-refractivity contribution in [3.8, 4) is 0 Å². The van der Waals surface area contributed by atoms with E-state index in [9.17, 15) is 9.59 Å². The molecule has 0 spiro atoms. The van der Waals surface area contributed by atoms with Gasteiger partial charge in [0.25, 0.3) is 0 Å². The van der Waals surface area contributed by atoms with Crippen LogP contribution >= 0.6 is 11.6 Å². The average molecular weight is 324 g/mol. The third kappa shape index (κ3) is 3.34. The molecule has 7 heteroatoms. The number of nitrogens with zero attached hydrogens (tertiary/aromatic N) is 3. The van der Waals surface area contributed by atoms with Gasteiger partial charge in [-0.2, -0.15) is 0 Å². The van der Waals surface area contributed by atoms with Crippen molar-refractivity contribution in [1.82, 2.24) is 9.80 Å². The monoisotopic (exact) mass is 323 g/mol. The fourth-order valence-electron chi connectivity index (χ4n) is 2.73. The van der Waals surface area contributed by atoms with Crippen LogP contribution in [0.5, 0.6) is 0 Å². The van der Waals surface area contributed by atoms with Gasteiger partial charge in [-0.25, -0.2) is 9.69 Å². The molecule has 2 amide bonds. The third-order valence-electron chi connectivity index (χ3n) is 3.97. The quantitative estimate of drug-likeness (QED) is 0.842. The maximum atomic E-state index is 12.1. The molecule has 2 aliphatic rings. The van der Waals surface area contributed by atoms with Crippen molar-refractivity contribution >= 4 is 29.3 Å². The van der Waals surface area contributed by atoms with Crippen LogP contribution < -0.4 is 4.90 Å². The number of carbonyl (C=O) groups is 2. The molecule has 6 nitrogen and oxygen atoms in total. The number of hydrogen-bond donors (Lipinski definition) is 0. The second kappa shape index (κ2) is 6.54. The topological polar surface area (TPSA) is 53.1 Å². The minimum Gasteiger partial charge on any atom is -0.447 e. The fraction of sp³-hybridized carbons (Fsp3) is 0.467. The summed E-state index contributed by atoms with van der Waals surface area (Å²) in [4.78, 5) is 28.9. The van der Waals surface area contributed by atoms with Crippen LogP contribution in [0.4, 0.5) is 10.5 Å². The van der Waals surface area contributed by atoms with E-state index in [0.717, 1.165) is 36.9 Å². The Morgan fingerprint density at radius 1 is 1.18 bits per heavy atom. The molecule has 118 valence electrons. The SMILES string of the molecule is O=C(CN1CCN(c2cccc(Cl)c2)CC1)N1CCOC1=O. The van der Waals surface area contributed by atoms with Crippen molar-refractivity contribution in [1.29, 1.82) is 0 Å². The Bertz CT molecular complexity index is 573. The highest BCUT2D eigenvalue weighted by Gasteiger charge is 2.30. The highest BCUT2D eigenvalue weighted by atomic mass is 35.5. The van der Waals surface area contributed by atoms with Crippen molar-refractivity contribution in [3.05, 3.63) is 29.3 Å². The lowest BCUT2D eigenvalue weighted by atomic mass is 10.2. The first-order chi connectivity index (χ1) is 10.6. The van der Waals surface area contributed by atoms with E-state index >= 15 is 0 Å². The molecule has 22 heavy (non-hydrogen) atoms. The van der Waals surface area contributed by atoms with Gasteiger partial charge in [0.15, 0.2) is 0 Å². The molecular formula is C15H18ClN3O3. The van der Waals surface area contributed by atoms with E-state index in [-0.39, 0.29) is 12.5 Å². The number of halogens is 1. The number of amides is 2. The summed E-state index contributed by atoms with van der Waals surface area (Å²) in [6, 6.07) is 7.77. The first kappa shape index (κ1) is 15.1. The lowest BCUT2D eigenvalue weighted by Gasteiger charge is -2.36. The molecule has 0 N–H and O–H groups in total. The Hall–Kier alpha value is -1.79. The molecule has 1 aromatic rings. The van der Waals surface area contributed by atoms with E-state index in [1.165, 1.54) is 4.90 Å². The smallest absolute Gasteiger partial charge is 0.416 e. The van der Waals surface area contributed by atoms with E-state index in [0.29, 0.717) is 13.2 Å². The van der Waals surface area contributed by atoms with E-state index in [1.54, 1.807) is 0 Å². The first-order valence-electron chi connectivity index (χ1n) is 7.33. The van der Waals surface area contributed by atoms with Crippen molar-refractivity contribution < 1.29 is 14.3 Å². The van der Waals surface area contributed by atoms with Crippen LogP contribution in [-0.2, 0) is 9.53 Å². The minimum atomic E-state index is -0.525. The van der Waals surface area contributed by atoms with Crippen LogP contribution in [-0.4, -0.2) is 67.7 Å². The molecule has 3 rings (SSSR count). The van der Waals surface area contributed by atoms with Crippen LogP contribution in [0.2, 0.25) is 5.02 Å². The Labute approximate surface area is 134 Å². The number of ether oxygens (including phenoxy) is 1. The summed E-state index contributed by atoms with van der Waals surface area (Å²) >= 11 is 6.02. The van der Waals surface area contributed by atoms with Gasteiger partial charge in [0.1, 0.15) is 6.61 Å². The van der Waals surface area contributed by atoms with Gasteiger partial charge in [-0.1, -0.05) is 17.7 Å². The number of benzene rings is 1. The summed E-state index contributed by atoms with van der Waals surface area (Å²) in [6.07, 6.45) is -0.525. The van der Waals surface area contributed by atoms with Crippen LogP contribution in [0.15, 0.2) is 24.3 Å². The zero-order valence-electron chi connectivity index (χ0n) is 12.2. The van der Waals surface area contributed by atoms with Gasteiger partial charge >= 0.3 is 6.09 Å². The molecule has 2 heterocycles. The maximum Gasteiger partial charge on any atom is 0.416 e. The van der Waals surface area contributed by atoms with E-state index in [2.05, 4.69) is 9.80 Å². The minimum absolute atomic E-state index is 0.182. The average Bonchev–Trinajstić information content (AvgIpc) is 2.94. The highest BCUT2D eigenvalue weighted by molar-refractivity contribution is 6.30. The predicted octanol–water partition coefficient (Wildman–Crippen LogP) is 1.44.